The van der Waals surface area contributed by atoms with Crippen LogP contribution in [-0.2, 0) is 19.7 Å². The van der Waals surface area contributed by atoms with Crippen LogP contribution in [0.1, 0.15) is 0 Å². The van der Waals surface area contributed by atoms with Crippen molar-refractivity contribution in [2.75, 3.05) is 23.4 Å². The molecule has 0 unspecified atom stereocenters. The van der Waals surface area contributed by atoms with Gasteiger partial charge in [-0.3, -0.25) is 5.43 Å². The van der Waals surface area contributed by atoms with Gasteiger partial charge in [0.2, 0.25) is 0 Å². The molecule has 6 nitrogen and oxygen atoms in total. The Morgan fingerprint density at radius 3 is 2.09 bits per heavy atom. The Bertz CT molecular complexity index is 891. The fourth-order valence-corrected chi connectivity index (χ4v) is 3.35. The molecule has 0 bridgehead atoms. The topological polar surface area (TPSA) is 92.3 Å². The van der Waals surface area contributed by atoms with Crippen molar-refractivity contribution in [3.05, 3.63) is 48.5 Å². The molecule has 118 valence electrons. The van der Waals surface area contributed by atoms with Crippen LogP contribution in [0.3, 0.4) is 0 Å². The Labute approximate surface area is 130 Å². The van der Waals surface area contributed by atoms with E-state index in [0.29, 0.717) is 11.4 Å². The largest absolute Gasteiger partial charge is 0.301 e. The standard InChI is InChI=1S/C14H16N2O4S2/c1-21(17,18)12-7-5-6-11(10-12)15-16-13-8-3-4-9-14(13)22(2,19)20/h3-10,15-16H,1-2H3. The summed E-state index contributed by atoms with van der Waals surface area (Å²) < 4.78 is 46.4. The lowest BCUT2D eigenvalue weighted by Gasteiger charge is -2.13. The van der Waals surface area contributed by atoms with Crippen LogP contribution < -0.4 is 10.9 Å². The second-order valence-electron chi connectivity index (χ2n) is 4.82. The van der Waals surface area contributed by atoms with Gasteiger partial charge in [-0.2, -0.15) is 0 Å². The van der Waals surface area contributed by atoms with E-state index in [9.17, 15) is 16.8 Å². The number of para-hydroxylation sites is 1. The number of sulfone groups is 2. The van der Waals surface area contributed by atoms with Gasteiger partial charge in [0.25, 0.3) is 0 Å². The van der Waals surface area contributed by atoms with Gasteiger partial charge >= 0.3 is 0 Å². The minimum absolute atomic E-state index is 0.154. The minimum atomic E-state index is -3.37. The molecule has 2 rings (SSSR count). The summed E-state index contributed by atoms with van der Waals surface area (Å²) in [4.78, 5) is 0.331. The molecule has 0 aliphatic heterocycles. The minimum Gasteiger partial charge on any atom is -0.301 e. The number of hydrogen-bond acceptors (Lipinski definition) is 6. The van der Waals surface area contributed by atoms with Gasteiger partial charge in [-0.05, 0) is 30.3 Å². The van der Waals surface area contributed by atoms with Gasteiger partial charge in [-0.1, -0.05) is 18.2 Å². The molecule has 2 aromatic carbocycles. The molecule has 0 saturated carbocycles. The van der Waals surface area contributed by atoms with Crippen molar-refractivity contribution in [1.82, 2.24) is 0 Å². The first kappa shape index (κ1) is 16.3. The van der Waals surface area contributed by atoms with Gasteiger partial charge in [0.05, 0.1) is 21.2 Å². The molecule has 2 N–H and O–H groups in total. The lowest BCUT2D eigenvalue weighted by atomic mass is 10.3. The Kier molecular flexibility index (Phi) is 4.43. The summed E-state index contributed by atoms with van der Waals surface area (Å²) in [6, 6.07) is 12.7. The molecule has 0 amide bonds. The predicted octanol–water partition coefficient (Wildman–Crippen LogP) is 1.93. The smallest absolute Gasteiger partial charge is 0.177 e. The van der Waals surface area contributed by atoms with Crippen molar-refractivity contribution in [2.45, 2.75) is 9.79 Å². The fraction of sp³-hybridized carbons (Fsp3) is 0.143. The van der Waals surface area contributed by atoms with Gasteiger partial charge in [0, 0.05) is 12.5 Å². The number of rotatable bonds is 5. The van der Waals surface area contributed by atoms with Gasteiger partial charge in [0.1, 0.15) is 0 Å². The molecule has 0 spiro atoms. The lowest BCUT2D eigenvalue weighted by Crippen LogP contribution is -2.12. The number of benzene rings is 2. The fourth-order valence-electron chi connectivity index (χ4n) is 1.84. The molecule has 22 heavy (non-hydrogen) atoms. The zero-order valence-corrected chi connectivity index (χ0v) is 13.7. The van der Waals surface area contributed by atoms with Crippen molar-refractivity contribution in [1.29, 1.82) is 0 Å². The van der Waals surface area contributed by atoms with E-state index in [2.05, 4.69) is 10.9 Å². The van der Waals surface area contributed by atoms with E-state index in [1.807, 2.05) is 0 Å². The Hall–Kier alpha value is -2.06. The van der Waals surface area contributed by atoms with Crippen molar-refractivity contribution < 1.29 is 16.8 Å². The molecule has 0 aliphatic rings. The number of hydrogen-bond donors (Lipinski definition) is 2. The third-order valence-electron chi connectivity index (χ3n) is 2.89. The Morgan fingerprint density at radius 2 is 1.45 bits per heavy atom. The van der Waals surface area contributed by atoms with Crippen molar-refractivity contribution in [3.63, 3.8) is 0 Å². The summed E-state index contributed by atoms with van der Waals surface area (Å²) in [5.74, 6) is 0. The third kappa shape index (κ3) is 3.99. The molecule has 0 heterocycles. The van der Waals surface area contributed by atoms with E-state index in [1.54, 1.807) is 30.3 Å². The summed E-state index contributed by atoms with van der Waals surface area (Å²) >= 11 is 0. The normalized spacial score (nSPS) is 11.9. The van der Waals surface area contributed by atoms with Crippen molar-refractivity contribution >= 4 is 31.0 Å². The van der Waals surface area contributed by atoms with Crippen LogP contribution in [0.5, 0.6) is 0 Å². The van der Waals surface area contributed by atoms with Crippen LogP contribution in [0.4, 0.5) is 11.4 Å². The maximum absolute atomic E-state index is 11.7. The Balaban J connectivity index is 2.25. The highest BCUT2D eigenvalue weighted by Gasteiger charge is 2.12. The first-order chi connectivity index (χ1) is 10.2. The number of nitrogens with one attached hydrogen (secondary N) is 2. The SMILES string of the molecule is CS(=O)(=O)c1cccc(NNc2ccccc2S(C)(=O)=O)c1. The van der Waals surface area contributed by atoms with E-state index in [4.69, 9.17) is 0 Å². The number of anilines is 2. The molecule has 0 saturated heterocycles. The zero-order valence-electron chi connectivity index (χ0n) is 12.1. The summed E-state index contributed by atoms with van der Waals surface area (Å²) in [5.41, 5.74) is 6.49. The highest BCUT2D eigenvalue weighted by Crippen LogP contribution is 2.21. The summed E-state index contributed by atoms with van der Waals surface area (Å²) in [6.07, 6.45) is 2.25. The zero-order chi connectivity index (χ0) is 16.4. The van der Waals surface area contributed by atoms with Gasteiger partial charge in [0.15, 0.2) is 19.7 Å². The second-order valence-corrected chi connectivity index (χ2v) is 8.82. The molecule has 0 aliphatic carbocycles. The van der Waals surface area contributed by atoms with E-state index < -0.39 is 19.7 Å². The van der Waals surface area contributed by atoms with E-state index in [1.165, 1.54) is 18.2 Å². The van der Waals surface area contributed by atoms with Crippen molar-refractivity contribution in [3.8, 4) is 0 Å². The number of hydrazine groups is 1. The molecule has 0 fully saturated rings. The molecule has 8 heteroatoms. The van der Waals surface area contributed by atoms with E-state index in [0.717, 1.165) is 12.5 Å². The van der Waals surface area contributed by atoms with Crippen LogP contribution in [0, 0.1) is 0 Å². The van der Waals surface area contributed by atoms with Crippen LogP contribution in [0.2, 0.25) is 0 Å². The highest BCUT2D eigenvalue weighted by molar-refractivity contribution is 7.91. The first-order valence-electron chi connectivity index (χ1n) is 6.29. The van der Waals surface area contributed by atoms with Crippen LogP contribution >= 0.6 is 0 Å². The molecular formula is C14H16N2O4S2. The monoisotopic (exact) mass is 340 g/mol. The highest BCUT2D eigenvalue weighted by atomic mass is 32.2. The molecule has 0 aromatic heterocycles. The van der Waals surface area contributed by atoms with Crippen molar-refractivity contribution in [2.24, 2.45) is 0 Å². The predicted molar refractivity (Wildman–Crippen MR) is 86.3 cm³/mol. The maximum atomic E-state index is 11.7. The average molecular weight is 340 g/mol. The quantitative estimate of drug-likeness (QED) is 0.808. The van der Waals surface area contributed by atoms with Gasteiger partial charge in [-0.15, -0.1) is 0 Å². The van der Waals surface area contributed by atoms with Gasteiger partial charge < -0.3 is 5.43 Å². The molecule has 0 radical (unpaired) electrons. The van der Waals surface area contributed by atoms with Gasteiger partial charge in [-0.25, -0.2) is 16.8 Å². The second kappa shape index (κ2) is 5.98. The molecular weight excluding hydrogens is 324 g/mol. The average Bonchev–Trinajstić information content (AvgIpc) is 2.44. The summed E-state index contributed by atoms with van der Waals surface area (Å²) in [6.45, 7) is 0. The van der Waals surface area contributed by atoms with Crippen LogP contribution in [0.25, 0.3) is 0 Å². The van der Waals surface area contributed by atoms with Crippen LogP contribution in [-0.4, -0.2) is 29.3 Å². The first-order valence-corrected chi connectivity index (χ1v) is 10.1. The van der Waals surface area contributed by atoms with E-state index >= 15 is 0 Å². The van der Waals surface area contributed by atoms with Crippen LogP contribution in [0.15, 0.2) is 58.3 Å². The maximum Gasteiger partial charge on any atom is 0.177 e. The lowest BCUT2D eigenvalue weighted by molar-refractivity contribution is 0.600. The third-order valence-corrected chi connectivity index (χ3v) is 5.16. The van der Waals surface area contributed by atoms with E-state index in [-0.39, 0.29) is 9.79 Å². The summed E-state index contributed by atoms with van der Waals surface area (Å²) in [5, 5.41) is 0. The summed E-state index contributed by atoms with van der Waals surface area (Å²) in [7, 11) is -6.67. The molecule has 2 aromatic rings. The Morgan fingerprint density at radius 1 is 0.773 bits per heavy atom. The molecule has 0 atom stereocenters.